The van der Waals surface area contributed by atoms with Crippen LogP contribution in [0.3, 0.4) is 0 Å². The molecule has 0 fully saturated rings. The minimum atomic E-state index is 0.732. The van der Waals surface area contributed by atoms with Gasteiger partial charge in [0.05, 0.1) is 0 Å². The van der Waals surface area contributed by atoms with Crippen LogP contribution in [-0.2, 0) is 32.6 Å². The molecule has 0 unspecified atom stereocenters. The van der Waals surface area contributed by atoms with Crippen LogP contribution in [0.5, 0.6) is 5.75 Å². The van der Waals surface area contributed by atoms with Crippen molar-refractivity contribution in [2.24, 2.45) is 0 Å². The van der Waals surface area contributed by atoms with Crippen LogP contribution in [0, 0.1) is 0 Å². The van der Waals surface area contributed by atoms with Gasteiger partial charge in [0.15, 0.2) is 0 Å². The Bertz CT molecular complexity index is 973. The monoisotopic (exact) mass is 385 g/mol. The summed E-state index contributed by atoms with van der Waals surface area (Å²) in [5.74, 6) is 1.03. The highest BCUT2D eigenvalue weighted by Crippen LogP contribution is 2.27. The quantitative estimate of drug-likeness (QED) is 0.678. The van der Waals surface area contributed by atoms with E-state index in [9.17, 15) is 0 Å². The molecule has 0 amide bonds. The second-order valence-electron chi connectivity index (χ2n) is 8.09. The number of ether oxygens (including phenoxy) is 1. The molecule has 4 heteroatoms. The number of fused-ring (bicyclic) bond motifs is 2. The van der Waals surface area contributed by atoms with E-state index in [0.717, 1.165) is 58.0 Å². The standard InChI is InChI=1S/C25H27N3O/c1-2-6-23-18-27(11-9-22(23)5-1)16-20-7-8-25-24(14-20)19-28(12-13-29-25)17-21-4-3-10-26-15-21/h1-8,10,14-15H,9,11-13,16-19H2. The van der Waals surface area contributed by atoms with Crippen molar-refractivity contribution in [1.82, 2.24) is 14.8 Å². The Labute approximate surface area is 172 Å². The van der Waals surface area contributed by atoms with Crippen molar-refractivity contribution < 1.29 is 4.74 Å². The average Bonchev–Trinajstić information content (AvgIpc) is 2.95. The Morgan fingerprint density at radius 2 is 1.62 bits per heavy atom. The van der Waals surface area contributed by atoms with Gasteiger partial charge in [0.1, 0.15) is 12.4 Å². The van der Waals surface area contributed by atoms with Crippen molar-refractivity contribution >= 4 is 0 Å². The topological polar surface area (TPSA) is 28.6 Å². The minimum absolute atomic E-state index is 0.732. The van der Waals surface area contributed by atoms with Gasteiger partial charge >= 0.3 is 0 Å². The summed E-state index contributed by atoms with van der Waals surface area (Å²) in [6.45, 7) is 6.64. The lowest BCUT2D eigenvalue weighted by Gasteiger charge is -2.29. The zero-order valence-electron chi connectivity index (χ0n) is 16.8. The van der Waals surface area contributed by atoms with Crippen molar-refractivity contribution in [2.75, 3.05) is 19.7 Å². The Morgan fingerprint density at radius 1 is 0.793 bits per heavy atom. The predicted molar refractivity (Wildman–Crippen MR) is 115 cm³/mol. The third-order valence-corrected chi connectivity index (χ3v) is 5.93. The number of hydrogen-bond acceptors (Lipinski definition) is 4. The first-order valence-corrected chi connectivity index (χ1v) is 10.5. The largest absolute Gasteiger partial charge is 0.492 e. The molecule has 2 aliphatic rings. The van der Waals surface area contributed by atoms with Crippen LogP contribution in [0.15, 0.2) is 67.0 Å². The third kappa shape index (κ3) is 4.34. The number of rotatable bonds is 4. The summed E-state index contributed by atoms with van der Waals surface area (Å²) >= 11 is 0. The molecule has 0 atom stereocenters. The van der Waals surface area contributed by atoms with Crippen LogP contribution in [-0.4, -0.2) is 34.5 Å². The lowest BCUT2D eigenvalue weighted by Crippen LogP contribution is -2.30. The Hall–Kier alpha value is -2.69. The summed E-state index contributed by atoms with van der Waals surface area (Å²) in [6, 6.07) is 19.7. The highest BCUT2D eigenvalue weighted by molar-refractivity contribution is 5.38. The first-order valence-electron chi connectivity index (χ1n) is 10.5. The molecule has 0 spiro atoms. The summed E-state index contributed by atoms with van der Waals surface area (Å²) in [5.41, 5.74) is 6.89. The molecule has 3 heterocycles. The van der Waals surface area contributed by atoms with Crippen LogP contribution in [0.2, 0.25) is 0 Å². The number of aromatic nitrogens is 1. The maximum Gasteiger partial charge on any atom is 0.123 e. The van der Waals surface area contributed by atoms with Crippen molar-refractivity contribution in [3.05, 3.63) is 94.8 Å². The maximum absolute atomic E-state index is 6.04. The van der Waals surface area contributed by atoms with E-state index < -0.39 is 0 Å². The molecular formula is C25H27N3O. The number of pyridine rings is 1. The molecule has 0 saturated heterocycles. The summed E-state index contributed by atoms with van der Waals surface area (Å²) < 4.78 is 6.04. The summed E-state index contributed by atoms with van der Waals surface area (Å²) in [5, 5.41) is 0. The average molecular weight is 386 g/mol. The van der Waals surface area contributed by atoms with E-state index >= 15 is 0 Å². The normalized spacial score (nSPS) is 17.1. The van der Waals surface area contributed by atoms with E-state index in [1.807, 2.05) is 18.5 Å². The lowest BCUT2D eigenvalue weighted by molar-refractivity contribution is 0.219. The van der Waals surface area contributed by atoms with Gasteiger partial charge in [-0.1, -0.05) is 36.4 Å². The number of benzene rings is 2. The van der Waals surface area contributed by atoms with Crippen LogP contribution in [0.1, 0.15) is 27.8 Å². The molecule has 0 bridgehead atoms. The van der Waals surface area contributed by atoms with Crippen molar-refractivity contribution in [3.63, 3.8) is 0 Å². The van der Waals surface area contributed by atoms with E-state index in [4.69, 9.17) is 4.74 Å². The SMILES string of the molecule is c1cncc(CN2CCOc3ccc(CN4CCc5ccccc5C4)cc3C2)c1. The highest BCUT2D eigenvalue weighted by atomic mass is 16.5. The minimum Gasteiger partial charge on any atom is -0.492 e. The molecule has 2 aromatic carbocycles. The molecule has 4 nitrogen and oxygen atoms in total. The summed E-state index contributed by atoms with van der Waals surface area (Å²) in [6.07, 6.45) is 4.93. The van der Waals surface area contributed by atoms with Gasteiger partial charge in [0.2, 0.25) is 0 Å². The number of nitrogens with zero attached hydrogens (tertiary/aromatic N) is 3. The van der Waals surface area contributed by atoms with Gasteiger partial charge in [-0.3, -0.25) is 14.8 Å². The summed E-state index contributed by atoms with van der Waals surface area (Å²) in [4.78, 5) is 9.25. The van der Waals surface area contributed by atoms with Crippen molar-refractivity contribution in [3.8, 4) is 5.75 Å². The molecule has 1 aromatic heterocycles. The fraction of sp³-hybridized carbons (Fsp3) is 0.320. The first-order chi connectivity index (χ1) is 14.3. The molecule has 0 radical (unpaired) electrons. The van der Waals surface area contributed by atoms with E-state index in [1.54, 1.807) is 0 Å². The second-order valence-corrected chi connectivity index (χ2v) is 8.09. The molecule has 5 rings (SSSR count). The molecule has 0 saturated carbocycles. The van der Waals surface area contributed by atoms with Crippen LogP contribution >= 0.6 is 0 Å². The van der Waals surface area contributed by atoms with Crippen molar-refractivity contribution in [1.29, 1.82) is 0 Å². The third-order valence-electron chi connectivity index (χ3n) is 5.93. The molecule has 3 aromatic rings. The van der Waals surface area contributed by atoms with Gasteiger partial charge in [-0.2, -0.15) is 0 Å². The Morgan fingerprint density at radius 3 is 2.52 bits per heavy atom. The maximum atomic E-state index is 6.04. The lowest BCUT2D eigenvalue weighted by atomic mass is 9.99. The molecular weight excluding hydrogens is 358 g/mol. The smallest absolute Gasteiger partial charge is 0.123 e. The summed E-state index contributed by atoms with van der Waals surface area (Å²) in [7, 11) is 0. The molecule has 29 heavy (non-hydrogen) atoms. The van der Waals surface area contributed by atoms with E-state index in [-0.39, 0.29) is 0 Å². The molecule has 148 valence electrons. The highest BCUT2D eigenvalue weighted by Gasteiger charge is 2.19. The van der Waals surface area contributed by atoms with Crippen LogP contribution < -0.4 is 4.74 Å². The zero-order valence-corrected chi connectivity index (χ0v) is 16.8. The predicted octanol–water partition coefficient (Wildman–Crippen LogP) is 4.03. The van der Waals surface area contributed by atoms with Crippen LogP contribution in [0.25, 0.3) is 0 Å². The Balaban J connectivity index is 1.29. The number of hydrogen-bond donors (Lipinski definition) is 0. The second kappa shape index (κ2) is 8.36. The molecule has 0 aliphatic carbocycles. The fourth-order valence-electron chi connectivity index (χ4n) is 4.43. The van der Waals surface area contributed by atoms with Gasteiger partial charge in [-0.15, -0.1) is 0 Å². The van der Waals surface area contributed by atoms with E-state index in [1.165, 1.54) is 27.8 Å². The first kappa shape index (κ1) is 18.3. The van der Waals surface area contributed by atoms with Crippen LogP contribution in [0.4, 0.5) is 0 Å². The molecule has 0 N–H and O–H groups in total. The van der Waals surface area contributed by atoms with Gasteiger partial charge in [0.25, 0.3) is 0 Å². The van der Waals surface area contributed by atoms with E-state index in [2.05, 4.69) is 63.3 Å². The molecule has 2 aliphatic heterocycles. The zero-order chi connectivity index (χ0) is 19.5. The van der Waals surface area contributed by atoms with Crippen molar-refractivity contribution in [2.45, 2.75) is 32.6 Å². The van der Waals surface area contributed by atoms with Gasteiger partial charge in [0, 0.05) is 57.2 Å². The van der Waals surface area contributed by atoms with Gasteiger partial charge in [-0.05, 0) is 46.9 Å². The van der Waals surface area contributed by atoms with Gasteiger partial charge in [-0.25, -0.2) is 0 Å². The van der Waals surface area contributed by atoms with E-state index in [0.29, 0.717) is 0 Å². The van der Waals surface area contributed by atoms with Gasteiger partial charge < -0.3 is 4.74 Å². The Kier molecular flexibility index (Phi) is 5.29. The fourth-order valence-corrected chi connectivity index (χ4v) is 4.43.